The average molecular weight is 273 g/mol. The highest BCUT2D eigenvalue weighted by molar-refractivity contribution is 5.20. The van der Waals surface area contributed by atoms with E-state index in [1.54, 1.807) is 0 Å². The number of hydrogen-bond acceptors (Lipinski definition) is 3. The summed E-state index contributed by atoms with van der Waals surface area (Å²) in [5, 5.41) is 7.76. The van der Waals surface area contributed by atoms with E-state index in [-0.39, 0.29) is 0 Å². The Morgan fingerprint density at radius 2 is 2.05 bits per heavy atom. The molecule has 0 saturated heterocycles. The minimum Gasteiger partial charge on any atom is -0.494 e. The molecule has 0 spiro atoms. The van der Waals surface area contributed by atoms with Crippen LogP contribution in [-0.2, 0) is 13.1 Å². The van der Waals surface area contributed by atoms with Crippen LogP contribution in [0.2, 0.25) is 0 Å². The van der Waals surface area contributed by atoms with Gasteiger partial charge in [-0.25, -0.2) is 0 Å². The van der Waals surface area contributed by atoms with E-state index in [1.807, 2.05) is 36.5 Å². The van der Waals surface area contributed by atoms with Gasteiger partial charge in [0.05, 0.1) is 12.3 Å². The van der Waals surface area contributed by atoms with Crippen molar-refractivity contribution < 1.29 is 4.74 Å². The number of nitrogens with zero attached hydrogens (tertiary/aromatic N) is 2. The first-order valence-electron chi connectivity index (χ1n) is 7.29. The van der Waals surface area contributed by atoms with E-state index in [4.69, 9.17) is 4.74 Å². The summed E-state index contributed by atoms with van der Waals surface area (Å²) >= 11 is 0. The lowest BCUT2D eigenvalue weighted by Gasteiger charge is -2.09. The predicted octanol–water partition coefficient (Wildman–Crippen LogP) is 2.85. The van der Waals surface area contributed by atoms with Gasteiger partial charge in [-0.05, 0) is 31.2 Å². The molecule has 4 heteroatoms. The zero-order valence-corrected chi connectivity index (χ0v) is 12.1. The first-order valence-corrected chi connectivity index (χ1v) is 7.29. The summed E-state index contributed by atoms with van der Waals surface area (Å²) in [7, 11) is 0. The average Bonchev–Trinajstić information content (AvgIpc) is 2.93. The number of aryl methyl sites for hydroxylation is 1. The normalized spacial score (nSPS) is 10.7. The Morgan fingerprint density at radius 1 is 1.20 bits per heavy atom. The SMILES string of the molecule is CCCNCc1ccnn1CCCOc1ccccc1. The van der Waals surface area contributed by atoms with Crippen molar-refractivity contribution in [3.63, 3.8) is 0 Å². The van der Waals surface area contributed by atoms with E-state index in [0.29, 0.717) is 6.61 Å². The summed E-state index contributed by atoms with van der Waals surface area (Å²) < 4.78 is 7.74. The maximum Gasteiger partial charge on any atom is 0.119 e. The van der Waals surface area contributed by atoms with Gasteiger partial charge in [-0.3, -0.25) is 4.68 Å². The molecule has 0 aliphatic heterocycles. The van der Waals surface area contributed by atoms with Gasteiger partial charge in [0.15, 0.2) is 0 Å². The van der Waals surface area contributed by atoms with E-state index in [9.17, 15) is 0 Å². The van der Waals surface area contributed by atoms with E-state index in [0.717, 1.165) is 38.2 Å². The quantitative estimate of drug-likeness (QED) is 0.714. The molecule has 0 amide bonds. The Labute approximate surface area is 120 Å². The molecule has 2 rings (SSSR count). The Kier molecular flexibility index (Phi) is 6.11. The number of para-hydroxylation sites is 1. The van der Waals surface area contributed by atoms with Crippen molar-refractivity contribution in [2.75, 3.05) is 13.2 Å². The topological polar surface area (TPSA) is 39.1 Å². The monoisotopic (exact) mass is 273 g/mol. The number of rotatable bonds is 9. The molecular weight excluding hydrogens is 250 g/mol. The highest BCUT2D eigenvalue weighted by Crippen LogP contribution is 2.09. The molecule has 0 unspecified atom stereocenters. The van der Waals surface area contributed by atoms with Crippen LogP contribution < -0.4 is 10.1 Å². The second-order valence-corrected chi connectivity index (χ2v) is 4.74. The van der Waals surface area contributed by atoms with Crippen LogP contribution in [0.1, 0.15) is 25.5 Å². The van der Waals surface area contributed by atoms with Crippen LogP contribution in [-0.4, -0.2) is 22.9 Å². The molecule has 0 radical (unpaired) electrons. The lowest BCUT2D eigenvalue weighted by molar-refractivity contribution is 0.297. The second-order valence-electron chi connectivity index (χ2n) is 4.74. The van der Waals surface area contributed by atoms with Crippen LogP contribution in [0.3, 0.4) is 0 Å². The lowest BCUT2D eigenvalue weighted by atomic mass is 10.3. The summed E-state index contributed by atoms with van der Waals surface area (Å²) in [6, 6.07) is 12.0. The highest BCUT2D eigenvalue weighted by atomic mass is 16.5. The van der Waals surface area contributed by atoms with Crippen molar-refractivity contribution in [3.8, 4) is 5.75 Å². The molecule has 0 bridgehead atoms. The second kappa shape index (κ2) is 8.38. The molecule has 0 atom stereocenters. The van der Waals surface area contributed by atoms with Crippen molar-refractivity contribution in [2.24, 2.45) is 0 Å². The van der Waals surface area contributed by atoms with Gasteiger partial charge in [0.1, 0.15) is 5.75 Å². The molecule has 2 aromatic rings. The molecular formula is C16H23N3O. The first-order chi connectivity index (χ1) is 9.90. The maximum atomic E-state index is 5.69. The standard InChI is InChI=1S/C16H23N3O/c1-2-10-17-14-15-9-11-18-19(15)12-6-13-20-16-7-4-3-5-8-16/h3-5,7-9,11,17H,2,6,10,12-14H2,1H3. The van der Waals surface area contributed by atoms with Gasteiger partial charge < -0.3 is 10.1 Å². The van der Waals surface area contributed by atoms with E-state index < -0.39 is 0 Å². The third-order valence-electron chi connectivity index (χ3n) is 3.06. The molecule has 108 valence electrons. The summed E-state index contributed by atoms with van der Waals surface area (Å²) in [6.45, 7) is 5.70. The van der Waals surface area contributed by atoms with Crippen LogP contribution >= 0.6 is 0 Å². The predicted molar refractivity (Wildman–Crippen MR) is 80.8 cm³/mol. The minimum absolute atomic E-state index is 0.714. The molecule has 0 fully saturated rings. The molecule has 0 aliphatic rings. The van der Waals surface area contributed by atoms with Crippen LogP contribution in [0.25, 0.3) is 0 Å². The third kappa shape index (κ3) is 4.70. The van der Waals surface area contributed by atoms with Gasteiger partial charge in [0, 0.05) is 25.7 Å². The molecule has 1 aromatic heterocycles. The van der Waals surface area contributed by atoms with E-state index >= 15 is 0 Å². The largest absolute Gasteiger partial charge is 0.494 e. The Morgan fingerprint density at radius 3 is 2.85 bits per heavy atom. The van der Waals surface area contributed by atoms with E-state index in [1.165, 1.54) is 5.69 Å². The summed E-state index contributed by atoms with van der Waals surface area (Å²) in [4.78, 5) is 0. The zero-order chi connectivity index (χ0) is 14.0. The number of hydrogen-bond donors (Lipinski definition) is 1. The van der Waals surface area contributed by atoms with Crippen molar-refractivity contribution in [1.82, 2.24) is 15.1 Å². The van der Waals surface area contributed by atoms with Crippen molar-refractivity contribution in [1.29, 1.82) is 0 Å². The van der Waals surface area contributed by atoms with Crippen molar-refractivity contribution in [2.45, 2.75) is 32.9 Å². The summed E-state index contributed by atoms with van der Waals surface area (Å²) in [5.41, 5.74) is 1.23. The Hall–Kier alpha value is -1.81. The molecule has 4 nitrogen and oxygen atoms in total. The number of aromatic nitrogens is 2. The maximum absolute atomic E-state index is 5.69. The lowest BCUT2D eigenvalue weighted by Crippen LogP contribution is -2.18. The highest BCUT2D eigenvalue weighted by Gasteiger charge is 2.01. The number of ether oxygens (including phenoxy) is 1. The van der Waals surface area contributed by atoms with Gasteiger partial charge in [-0.2, -0.15) is 5.10 Å². The fourth-order valence-electron chi connectivity index (χ4n) is 2.03. The fraction of sp³-hybridized carbons (Fsp3) is 0.438. The Balaban J connectivity index is 1.70. The molecule has 0 aliphatic carbocycles. The van der Waals surface area contributed by atoms with Crippen LogP contribution in [0.4, 0.5) is 0 Å². The molecule has 0 saturated carbocycles. The number of benzene rings is 1. The van der Waals surface area contributed by atoms with Crippen LogP contribution in [0, 0.1) is 0 Å². The molecule has 1 aromatic carbocycles. The van der Waals surface area contributed by atoms with Gasteiger partial charge in [0.25, 0.3) is 0 Å². The smallest absolute Gasteiger partial charge is 0.119 e. The van der Waals surface area contributed by atoms with Gasteiger partial charge >= 0.3 is 0 Å². The minimum atomic E-state index is 0.714. The van der Waals surface area contributed by atoms with Crippen molar-refractivity contribution in [3.05, 3.63) is 48.3 Å². The summed E-state index contributed by atoms with van der Waals surface area (Å²) in [5.74, 6) is 0.929. The van der Waals surface area contributed by atoms with Gasteiger partial charge in [-0.1, -0.05) is 25.1 Å². The summed E-state index contributed by atoms with van der Waals surface area (Å²) in [6.07, 6.45) is 3.97. The fourth-order valence-corrected chi connectivity index (χ4v) is 2.03. The first kappa shape index (κ1) is 14.6. The molecule has 1 N–H and O–H groups in total. The van der Waals surface area contributed by atoms with Crippen LogP contribution in [0.5, 0.6) is 5.75 Å². The third-order valence-corrected chi connectivity index (χ3v) is 3.06. The van der Waals surface area contributed by atoms with Crippen molar-refractivity contribution >= 4 is 0 Å². The Bertz CT molecular complexity index is 481. The van der Waals surface area contributed by atoms with Crippen LogP contribution in [0.15, 0.2) is 42.6 Å². The molecule has 20 heavy (non-hydrogen) atoms. The number of nitrogens with one attached hydrogen (secondary N) is 1. The van der Waals surface area contributed by atoms with E-state index in [2.05, 4.69) is 28.1 Å². The van der Waals surface area contributed by atoms with Gasteiger partial charge in [0.2, 0.25) is 0 Å². The molecule has 1 heterocycles. The van der Waals surface area contributed by atoms with Gasteiger partial charge in [-0.15, -0.1) is 0 Å². The zero-order valence-electron chi connectivity index (χ0n) is 12.1.